The molecule has 0 bridgehead atoms. The summed E-state index contributed by atoms with van der Waals surface area (Å²) >= 11 is 0. The van der Waals surface area contributed by atoms with Gasteiger partial charge in [0, 0.05) is 19.2 Å². The summed E-state index contributed by atoms with van der Waals surface area (Å²) in [4.78, 5) is 39.0. The fraction of sp³-hybridized carbons (Fsp3) is 0.208. The van der Waals surface area contributed by atoms with E-state index in [0.29, 0.717) is 5.75 Å². The van der Waals surface area contributed by atoms with Crippen molar-refractivity contribution in [2.24, 2.45) is 7.05 Å². The SMILES string of the molecule is COc1cccc(CNC(=O)C2=Cc3c(n(C)c(=O)n(Cc4ccccc4)c3=O)S(O)(O)C2)c1. The molecule has 2 heterocycles. The Hall–Kier alpha value is -3.60. The molecule has 1 aliphatic rings. The maximum atomic E-state index is 13.2. The number of nitrogens with one attached hydrogen (secondary N) is 1. The van der Waals surface area contributed by atoms with Gasteiger partial charge in [-0.15, -0.1) is 10.6 Å². The number of carbonyl (C=O) groups excluding carboxylic acids is 1. The highest BCUT2D eigenvalue weighted by Gasteiger charge is 2.34. The first-order valence-electron chi connectivity index (χ1n) is 10.5. The average molecular weight is 484 g/mol. The van der Waals surface area contributed by atoms with Gasteiger partial charge >= 0.3 is 5.69 Å². The number of hydrogen-bond donors (Lipinski definition) is 3. The number of ether oxygens (including phenoxy) is 1. The molecular formula is C24H25N3O6S. The third-order valence-electron chi connectivity index (χ3n) is 5.58. The standard InChI is InChI=1S/C24H25N3O6S/c1-26-23-20(22(29)27(24(26)30)14-16-7-4-3-5-8-16)12-18(15-34(23,31)32)21(28)25-13-17-9-6-10-19(11-17)33-2/h3-12,31-32H,13-15H2,1-2H3,(H,25,28). The predicted octanol–water partition coefficient (Wildman–Crippen LogP) is 2.43. The number of aromatic nitrogens is 2. The van der Waals surface area contributed by atoms with Crippen LogP contribution in [0.2, 0.25) is 0 Å². The van der Waals surface area contributed by atoms with Crippen molar-refractivity contribution < 1.29 is 18.6 Å². The fourth-order valence-corrected chi connectivity index (χ4v) is 5.71. The molecule has 0 unspecified atom stereocenters. The Morgan fingerprint density at radius 2 is 1.79 bits per heavy atom. The van der Waals surface area contributed by atoms with Crippen LogP contribution in [0.25, 0.3) is 6.08 Å². The van der Waals surface area contributed by atoms with Crippen LogP contribution >= 0.6 is 10.6 Å². The minimum absolute atomic E-state index is 0.0179. The predicted molar refractivity (Wildman–Crippen MR) is 130 cm³/mol. The van der Waals surface area contributed by atoms with E-state index in [2.05, 4.69) is 5.32 Å². The monoisotopic (exact) mass is 483 g/mol. The van der Waals surface area contributed by atoms with Crippen LogP contribution in [0.3, 0.4) is 0 Å². The lowest BCUT2D eigenvalue weighted by Crippen LogP contribution is -2.44. The van der Waals surface area contributed by atoms with Gasteiger partial charge < -0.3 is 10.1 Å². The molecule has 0 fully saturated rings. The Bertz CT molecular complexity index is 1390. The Kier molecular flexibility index (Phi) is 6.47. The molecule has 0 radical (unpaired) electrons. The van der Waals surface area contributed by atoms with E-state index in [0.717, 1.165) is 20.3 Å². The number of carbonyl (C=O) groups is 1. The molecule has 2 aromatic carbocycles. The normalized spacial score (nSPS) is 15.1. The summed E-state index contributed by atoms with van der Waals surface area (Å²) < 4.78 is 28.9. The number of amides is 1. The van der Waals surface area contributed by atoms with Crippen LogP contribution in [-0.2, 0) is 24.9 Å². The van der Waals surface area contributed by atoms with Crippen LogP contribution in [-0.4, -0.2) is 37.0 Å². The Morgan fingerprint density at radius 3 is 2.50 bits per heavy atom. The summed E-state index contributed by atoms with van der Waals surface area (Å²) in [6, 6.07) is 16.2. The number of fused-ring (bicyclic) bond motifs is 1. The molecular weight excluding hydrogens is 458 g/mol. The third-order valence-corrected chi connectivity index (χ3v) is 7.40. The van der Waals surface area contributed by atoms with Crippen molar-refractivity contribution in [2.45, 2.75) is 18.1 Å². The lowest BCUT2D eigenvalue weighted by atomic mass is 10.1. The van der Waals surface area contributed by atoms with Gasteiger partial charge in [0.15, 0.2) is 0 Å². The van der Waals surface area contributed by atoms with Gasteiger partial charge in [-0.05, 0) is 29.3 Å². The Labute approximate surface area is 197 Å². The van der Waals surface area contributed by atoms with Crippen molar-refractivity contribution in [1.29, 1.82) is 0 Å². The molecule has 3 aromatic rings. The molecule has 10 heteroatoms. The lowest BCUT2D eigenvalue weighted by Gasteiger charge is -2.37. The third kappa shape index (κ3) is 4.56. The summed E-state index contributed by atoms with van der Waals surface area (Å²) in [6.45, 7) is 0.203. The first-order valence-corrected chi connectivity index (χ1v) is 12.2. The van der Waals surface area contributed by atoms with Crippen molar-refractivity contribution in [1.82, 2.24) is 14.5 Å². The quantitative estimate of drug-likeness (QED) is 0.463. The zero-order valence-corrected chi connectivity index (χ0v) is 19.5. The van der Waals surface area contributed by atoms with Crippen molar-refractivity contribution in [3.05, 3.63) is 97.7 Å². The van der Waals surface area contributed by atoms with Gasteiger partial charge in [0.25, 0.3) is 5.56 Å². The summed E-state index contributed by atoms with van der Waals surface area (Å²) in [5, 5.41) is 2.58. The van der Waals surface area contributed by atoms with Crippen LogP contribution < -0.4 is 21.3 Å². The second-order valence-corrected chi connectivity index (χ2v) is 9.96. The van der Waals surface area contributed by atoms with Crippen molar-refractivity contribution in [3.8, 4) is 5.75 Å². The molecule has 0 saturated heterocycles. The van der Waals surface area contributed by atoms with Crippen LogP contribution in [0.15, 0.2) is 74.8 Å². The van der Waals surface area contributed by atoms with E-state index in [-0.39, 0.29) is 35.0 Å². The van der Waals surface area contributed by atoms with Gasteiger partial charge in [-0.1, -0.05) is 42.5 Å². The zero-order valence-electron chi connectivity index (χ0n) is 18.7. The lowest BCUT2D eigenvalue weighted by molar-refractivity contribution is -0.117. The van der Waals surface area contributed by atoms with Crippen molar-refractivity contribution in [2.75, 3.05) is 12.9 Å². The highest BCUT2D eigenvalue weighted by Crippen LogP contribution is 2.52. The van der Waals surface area contributed by atoms with E-state index in [9.17, 15) is 23.5 Å². The summed E-state index contributed by atoms with van der Waals surface area (Å²) in [6.07, 6.45) is 1.34. The summed E-state index contributed by atoms with van der Waals surface area (Å²) in [7, 11) is -0.661. The van der Waals surface area contributed by atoms with Gasteiger partial charge in [0.2, 0.25) is 5.91 Å². The van der Waals surface area contributed by atoms with Crippen LogP contribution in [0, 0.1) is 0 Å². The summed E-state index contributed by atoms with van der Waals surface area (Å²) in [5.74, 6) is -0.276. The van der Waals surface area contributed by atoms with Crippen LogP contribution in [0.4, 0.5) is 0 Å². The first-order chi connectivity index (χ1) is 16.2. The van der Waals surface area contributed by atoms with Gasteiger partial charge in [-0.25, -0.2) is 4.79 Å². The highest BCUT2D eigenvalue weighted by atomic mass is 32.3. The molecule has 0 saturated carbocycles. The van der Waals surface area contributed by atoms with E-state index < -0.39 is 27.7 Å². The van der Waals surface area contributed by atoms with E-state index in [1.165, 1.54) is 13.1 Å². The minimum Gasteiger partial charge on any atom is -0.497 e. The van der Waals surface area contributed by atoms with Gasteiger partial charge in [0.1, 0.15) is 10.8 Å². The zero-order chi connectivity index (χ0) is 24.5. The average Bonchev–Trinajstić information content (AvgIpc) is 2.83. The molecule has 178 valence electrons. The molecule has 4 rings (SSSR count). The summed E-state index contributed by atoms with van der Waals surface area (Å²) in [5.41, 5.74) is 0.174. The largest absolute Gasteiger partial charge is 0.497 e. The van der Waals surface area contributed by atoms with Crippen LogP contribution in [0.1, 0.15) is 16.7 Å². The molecule has 1 aromatic heterocycles. The molecule has 1 aliphatic heterocycles. The number of nitrogens with zero attached hydrogens (tertiary/aromatic N) is 2. The van der Waals surface area contributed by atoms with Crippen molar-refractivity contribution in [3.63, 3.8) is 0 Å². The van der Waals surface area contributed by atoms with Gasteiger partial charge in [0.05, 0.1) is 25.0 Å². The molecule has 9 nitrogen and oxygen atoms in total. The molecule has 1 amide bonds. The van der Waals surface area contributed by atoms with E-state index >= 15 is 0 Å². The van der Waals surface area contributed by atoms with Gasteiger partial charge in [-0.2, -0.15) is 0 Å². The minimum atomic E-state index is -3.59. The molecule has 3 N–H and O–H groups in total. The van der Waals surface area contributed by atoms with E-state index in [1.807, 2.05) is 12.1 Å². The fourth-order valence-electron chi connectivity index (χ4n) is 3.91. The maximum Gasteiger partial charge on any atom is 0.332 e. The Morgan fingerprint density at radius 1 is 1.09 bits per heavy atom. The second kappa shape index (κ2) is 9.34. The number of rotatable bonds is 6. The number of methoxy groups -OCH3 is 1. The Balaban J connectivity index is 1.70. The highest BCUT2D eigenvalue weighted by molar-refractivity contribution is 8.24. The molecule has 0 spiro atoms. The smallest absolute Gasteiger partial charge is 0.332 e. The van der Waals surface area contributed by atoms with E-state index in [4.69, 9.17) is 4.74 Å². The molecule has 0 aliphatic carbocycles. The molecule has 34 heavy (non-hydrogen) atoms. The number of hydrogen-bond acceptors (Lipinski definition) is 6. The first kappa shape index (κ1) is 23.6. The topological polar surface area (TPSA) is 123 Å². The van der Waals surface area contributed by atoms with Gasteiger partial charge in [-0.3, -0.25) is 27.8 Å². The maximum absolute atomic E-state index is 13.2. The van der Waals surface area contributed by atoms with E-state index in [1.54, 1.807) is 49.6 Å². The number of benzene rings is 2. The van der Waals surface area contributed by atoms with Crippen LogP contribution in [0.5, 0.6) is 5.75 Å². The second-order valence-electron chi connectivity index (χ2n) is 7.95. The molecule has 0 atom stereocenters. The van der Waals surface area contributed by atoms with Crippen molar-refractivity contribution >= 4 is 22.6 Å².